The highest BCUT2D eigenvalue weighted by Gasteiger charge is 2.08. The molecule has 0 saturated carbocycles. The smallest absolute Gasteiger partial charge is 0.186 e. The fourth-order valence-corrected chi connectivity index (χ4v) is 1.31. The van der Waals surface area contributed by atoms with Crippen LogP contribution in [0.3, 0.4) is 0 Å². The molecule has 0 radical (unpaired) electrons. The minimum atomic E-state index is -0.446. The molecule has 4 nitrogen and oxygen atoms in total. The molecule has 14 heavy (non-hydrogen) atoms. The molecule has 0 fully saturated rings. The first-order valence-electron chi connectivity index (χ1n) is 4.08. The lowest BCUT2D eigenvalue weighted by Gasteiger charge is -2.09. The van der Waals surface area contributed by atoms with Crippen LogP contribution in [0.4, 0.5) is 0 Å². The fraction of sp³-hybridized carbons (Fsp3) is 0.222. The van der Waals surface area contributed by atoms with Crippen LogP contribution in [0, 0.1) is 0 Å². The van der Waals surface area contributed by atoms with Gasteiger partial charge in [-0.15, -0.1) is 0 Å². The zero-order valence-corrected chi connectivity index (χ0v) is 8.28. The van der Waals surface area contributed by atoms with E-state index in [1.807, 2.05) is 0 Å². The molecule has 0 aliphatic rings. The van der Waals surface area contributed by atoms with Crippen LogP contribution >= 0.6 is 11.6 Å². The van der Waals surface area contributed by atoms with Gasteiger partial charge < -0.3 is 16.6 Å². The van der Waals surface area contributed by atoms with Gasteiger partial charge in [0.2, 0.25) is 0 Å². The molecule has 0 aliphatic carbocycles. The third-order valence-electron chi connectivity index (χ3n) is 1.71. The molecule has 5 heteroatoms. The second kappa shape index (κ2) is 4.83. The Morgan fingerprint density at radius 1 is 1.50 bits per heavy atom. The van der Waals surface area contributed by atoms with E-state index < -0.39 is 6.04 Å². The molecular formula is C9H12ClN3O. The summed E-state index contributed by atoms with van der Waals surface area (Å²) in [5.41, 5.74) is 11.2. The molecular weight excluding hydrogens is 202 g/mol. The predicted octanol–water partition coefficient (Wildman–Crippen LogP) is 0.647. The largest absolute Gasteiger partial charge is 0.394 e. The molecule has 0 aromatic heterocycles. The zero-order chi connectivity index (χ0) is 10.6. The van der Waals surface area contributed by atoms with Crippen LogP contribution in [0.5, 0.6) is 0 Å². The van der Waals surface area contributed by atoms with E-state index in [0.717, 1.165) is 5.56 Å². The standard InChI is InChI=1S/C9H12ClN3O/c10-7-3-1-2-6(4-7)8(5-14)13-9(11)12/h1-4,8,14H,5H2,(H4,11,12,13)/t8-/m1/s1. The van der Waals surface area contributed by atoms with Crippen molar-refractivity contribution in [3.05, 3.63) is 34.9 Å². The van der Waals surface area contributed by atoms with Crippen molar-refractivity contribution in [2.75, 3.05) is 6.61 Å². The maximum absolute atomic E-state index is 9.06. The zero-order valence-electron chi connectivity index (χ0n) is 7.52. The Hall–Kier alpha value is -1.26. The average Bonchev–Trinajstić information content (AvgIpc) is 2.14. The van der Waals surface area contributed by atoms with Crippen LogP contribution in [0.2, 0.25) is 5.02 Å². The average molecular weight is 214 g/mol. The van der Waals surface area contributed by atoms with Gasteiger partial charge in [0.05, 0.1) is 6.61 Å². The number of halogens is 1. The van der Waals surface area contributed by atoms with Crippen LogP contribution in [0.1, 0.15) is 11.6 Å². The van der Waals surface area contributed by atoms with Crippen molar-refractivity contribution in [1.82, 2.24) is 0 Å². The summed E-state index contributed by atoms with van der Waals surface area (Å²) in [7, 11) is 0. The Morgan fingerprint density at radius 2 is 2.21 bits per heavy atom. The molecule has 0 bridgehead atoms. The number of guanidine groups is 1. The Bertz CT molecular complexity index is 337. The van der Waals surface area contributed by atoms with E-state index in [1.54, 1.807) is 24.3 Å². The number of aliphatic hydroxyl groups excluding tert-OH is 1. The first-order chi connectivity index (χ1) is 6.63. The minimum absolute atomic E-state index is 0.0518. The maximum atomic E-state index is 9.06. The first kappa shape index (κ1) is 10.8. The highest BCUT2D eigenvalue weighted by molar-refractivity contribution is 6.30. The molecule has 0 spiro atoms. The van der Waals surface area contributed by atoms with Gasteiger partial charge in [-0.05, 0) is 17.7 Å². The lowest BCUT2D eigenvalue weighted by atomic mass is 10.1. The Kier molecular flexibility index (Phi) is 3.73. The number of nitrogens with zero attached hydrogens (tertiary/aromatic N) is 1. The van der Waals surface area contributed by atoms with Crippen molar-refractivity contribution in [1.29, 1.82) is 0 Å². The summed E-state index contributed by atoms with van der Waals surface area (Å²) < 4.78 is 0. The second-order valence-electron chi connectivity index (χ2n) is 2.81. The fourth-order valence-electron chi connectivity index (χ4n) is 1.11. The normalized spacial score (nSPS) is 12.1. The summed E-state index contributed by atoms with van der Waals surface area (Å²) in [6.45, 7) is -0.155. The summed E-state index contributed by atoms with van der Waals surface area (Å²) in [4.78, 5) is 3.87. The lowest BCUT2D eigenvalue weighted by Crippen LogP contribution is -2.24. The Balaban J connectivity index is 2.95. The summed E-state index contributed by atoms with van der Waals surface area (Å²) >= 11 is 5.79. The third-order valence-corrected chi connectivity index (χ3v) is 1.95. The lowest BCUT2D eigenvalue weighted by molar-refractivity contribution is 0.269. The number of benzene rings is 1. The minimum Gasteiger partial charge on any atom is -0.394 e. The van der Waals surface area contributed by atoms with E-state index in [-0.39, 0.29) is 12.6 Å². The highest BCUT2D eigenvalue weighted by Crippen LogP contribution is 2.20. The molecule has 76 valence electrons. The van der Waals surface area contributed by atoms with E-state index in [0.29, 0.717) is 5.02 Å². The molecule has 5 N–H and O–H groups in total. The van der Waals surface area contributed by atoms with Gasteiger partial charge in [-0.2, -0.15) is 0 Å². The molecule has 0 aliphatic heterocycles. The molecule has 0 unspecified atom stereocenters. The summed E-state index contributed by atoms with van der Waals surface area (Å²) in [6, 6.07) is 6.60. The van der Waals surface area contributed by atoms with Gasteiger partial charge in [-0.25, -0.2) is 4.99 Å². The number of nitrogens with two attached hydrogens (primary N) is 2. The Labute approximate surface area is 87.2 Å². The second-order valence-corrected chi connectivity index (χ2v) is 3.24. The predicted molar refractivity (Wildman–Crippen MR) is 57.1 cm³/mol. The van der Waals surface area contributed by atoms with E-state index in [1.165, 1.54) is 0 Å². The topological polar surface area (TPSA) is 84.6 Å². The molecule has 0 heterocycles. The number of hydrogen-bond donors (Lipinski definition) is 3. The van der Waals surface area contributed by atoms with Crippen LogP contribution < -0.4 is 11.5 Å². The molecule has 1 aromatic carbocycles. The Morgan fingerprint density at radius 3 is 2.71 bits per heavy atom. The van der Waals surface area contributed by atoms with Crippen molar-refractivity contribution in [3.63, 3.8) is 0 Å². The van der Waals surface area contributed by atoms with Gasteiger partial charge in [0.25, 0.3) is 0 Å². The van der Waals surface area contributed by atoms with Crippen LogP contribution in [0.25, 0.3) is 0 Å². The van der Waals surface area contributed by atoms with Crippen molar-refractivity contribution >= 4 is 17.6 Å². The van der Waals surface area contributed by atoms with Gasteiger partial charge in [0, 0.05) is 5.02 Å². The monoisotopic (exact) mass is 213 g/mol. The number of hydrogen-bond acceptors (Lipinski definition) is 2. The summed E-state index contributed by atoms with van der Waals surface area (Å²) in [6.07, 6.45) is 0. The van der Waals surface area contributed by atoms with Gasteiger partial charge >= 0.3 is 0 Å². The van der Waals surface area contributed by atoms with Crippen molar-refractivity contribution in [2.24, 2.45) is 16.5 Å². The molecule has 1 atom stereocenters. The first-order valence-corrected chi connectivity index (χ1v) is 4.46. The highest BCUT2D eigenvalue weighted by atomic mass is 35.5. The van der Waals surface area contributed by atoms with Gasteiger partial charge in [0.1, 0.15) is 6.04 Å². The van der Waals surface area contributed by atoms with E-state index in [2.05, 4.69) is 4.99 Å². The van der Waals surface area contributed by atoms with Crippen molar-refractivity contribution < 1.29 is 5.11 Å². The van der Waals surface area contributed by atoms with Crippen LogP contribution in [-0.2, 0) is 0 Å². The molecule has 0 saturated heterocycles. The number of aliphatic imine (C=N–C) groups is 1. The molecule has 0 amide bonds. The van der Waals surface area contributed by atoms with Crippen LogP contribution in [-0.4, -0.2) is 17.7 Å². The van der Waals surface area contributed by atoms with E-state index in [9.17, 15) is 0 Å². The van der Waals surface area contributed by atoms with Gasteiger partial charge in [-0.3, -0.25) is 0 Å². The third kappa shape index (κ3) is 2.90. The van der Waals surface area contributed by atoms with E-state index in [4.69, 9.17) is 28.2 Å². The maximum Gasteiger partial charge on any atom is 0.186 e. The molecule has 1 aromatic rings. The van der Waals surface area contributed by atoms with Crippen molar-refractivity contribution in [2.45, 2.75) is 6.04 Å². The van der Waals surface area contributed by atoms with Crippen molar-refractivity contribution in [3.8, 4) is 0 Å². The number of aliphatic hydroxyl groups is 1. The van der Waals surface area contributed by atoms with Crippen LogP contribution in [0.15, 0.2) is 29.3 Å². The van der Waals surface area contributed by atoms with Gasteiger partial charge in [-0.1, -0.05) is 23.7 Å². The van der Waals surface area contributed by atoms with E-state index >= 15 is 0 Å². The number of rotatable bonds is 3. The quantitative estimate of drug-likeness (QED) is 0.509. The SMILES string of the molecule is NC(N)=N[C@H](CO)c1cccc(Cl)c1. The van der Waals surface area contributed by atoms with Gasteiger partial charge in [0.15, 0.2) is 5.96 Å². The molecule has 1 rings (SSSR count). The summed E-state index contributed by atoms with van der Waals surface area (Å²) in [5, 5.41) is 9.65. The summed E-state index contributed by atoms with van der Waals surface area (Å²) in [5.74, 6) is -0.0518.